The third-order valence-corrected chi connectivity index (χ3v) is 3.34. The summed E-state index contributed by atoms with van der Waals surface area (Å²) in [6.45, 7) is 0.448. The van der Waals surface area contributed by atoms with Crippen molar-refractivity contribution in [2.24, 2.45) is 0 Å². The number of benzene rings is 2. The zero-order valence-corrected chi connectivity index (χ0v) is 13.4. The number of carbonyl (C=O) groups is 2. The van der Waals surface area contributed by atoms with Gasteiger partial charge in [-0.1, -0.05) is 17.7 Å². The van der Waals surface area contributed by atoms with E-state index in [0.29, 0.717) is 29.2 Å². The van der Waals surface area contributed by atoms with E-state index in [0.717, 1.165) is 5.69 Å². The summed E-state index contributed by atoms with van der Waals surface area (Å²) in [4.78, 5) is 23.3. The highest BCUT2D eigenvalue weighted by Crippen LogP contribution is 2.14. The largest absolute Gasteiger partial charge is 0.465 e. The van der Waals surface area contributed by atoms with Gasteiger partial charge in [0, 0.05) is 29.4 Å². The fraction of sp³-hybridized carbons (Fsp3) is 0.176. The second-order valence-corrected chi connectivity index (χ2v) is 5.24. The second kappa shape index (κ2) is 8.19. The molecule has 0 spiro atoms. The molecule has 2 N–H and O–H groups in total. The molecule has 1 amide bonds. The smallest absolute Gasteiger partial charge is 0.337 e. The quantitative estimate of drug-likeness (QED) is 0.794. The van der Waals surface area contributed by atoms with Crippen LogP contribution in [0.15, 0.2) is 48.5 Å². The SMILES string of the molecule is COC(=O)c1cccc(NCCC(=O)Nc2ccc(Cl)cc2)c1. The molecular formula is C17H17ClN2O3. The Bertz CT molecular complexity index is 686. The van der Waals surface area contributed by atoms with Crippen LogP contribution in [0.25, 0.3) is 0 Å². The maximum atomic E-state index is 11.9. The van der Waals surface area contributed by atoms with Crippen LogP contribution in [0.1, 0.15) is 16.8 Å². The summed E-state index contributed by atoms with van der Waals surface area (Å²) in [7, 11) is 1.34. The number of amides is 1. The molecule has 2 aromatic carbocycles. The van der Waals surface area contributed by atoms with E-state index in [4.69, 9.17) is 11.6 Å². The fourth-order valence-electron chi connectivity index (χ4n) is 1.95. The second-order valence-electron chi connectivity index (χ2n) is 4.80. The van der Waals surface area contributed by atoms with E-state index in [9.17, 15) is 9.59 Å². The number of rotatable bonds is 6. The van der Waals surface area contributed by atoms with Crippen molar-refractivity contribution in [3.05, 3.63) is 59.1 Å². The molecule has 2 rings (SSSR count). The molecule has 0 aliphatic carbocycles. The lowest BCUT2D eigenvalue weighted by Gasteiger charge is -2.08. The molecule has 2 aromatic rings. The van der Waals surface area contributed by atoms with Crippen LogP contribution in [0.3, 0.4) is 0 Å². The average Bonchev–Trinajstić information content (AvgIpc) is 2.56. The number of hydrogen-bond donors (Lipinski definition) is 2. The van der Waals surface area contributed by atoms with E-state index >= 15 is 0 Å². The number of methoxy groups -OCH3 is 1. The summed E-state index contributed by atoms with van der Waals surface area (Å²) >= 11 is 5.79. The van der Waals surface area contributed by atoms with Gasteiger partial charge in [0.25, 0.3) is 0 Å². The molecule has 0 atom stereocenters. The van der Waals surface area contributed by atoms with Gasteiger partial charge in [0.05, 0.1) is 12.7 Å². The minimum Gasteiger partial charge on any atom is -0.465 e. The van der Waals surface area contributed by atoms with Crippen molar-refractivity contribution < 1.29 is 14.3 Å². The minimum absolute atomic E-state index is 0.107. The van der Waals surface area contributed by atoms with Crippen LogP contribution in [-0.2, 0) is 9.53 Å². The summed E-state index contributed by atoms with van der Waals surface area (Å²) in [5.74, 6) is -0.502. The van der Waals surface area contributed by atoms with E-state index in [-0.39, 0.29) is 5.91 Å². The molecule has 0 aliphatic heterocycles. The van der Waals surface area contributed by atoms with Gasteiger partial charge in [-0.25, -0.2) is 4.79 Å². The van der Waals surface area contributed by atoms with Crippen LogP contribution in [0.2, 0.25) is 5.02 Å². The van der Waals surface area contributed by atoms with Gasteiger partial charge in [-0.3, -0.25) is 4.79 Å². The van der Waals surface area contributed by atoms with Crippen LogP contribution < -0.4 is 10.6 Å². The Hall–Kier alpha value is -2.53. The molecule has 5 nitrogen and oxygen atoms in total. The predicted octanol–water partition coefficient (Wildman–Crippen LogP) is 3.57. The van der Waals surface area contributed by atoms with E-state index in [1.165, 1.54) is 7.11 Å². The molecule has 0 bridgehead atoms. The predicted molar refractivity (Wildman–Crippen MR) is 91.0 cm³/mol. The van der Waals surface area contributed by atoms with Crippen LogP contribution in [-0.4, -0.2) is 25.5 Å². The Kier molecular flexibility index (Phi) is 6.00. The highest BCUT2D eigenvalue weighted by atomic mass is 35.5. The fourth-order valence-corrected chi connectivity index (χ4v) is 2.08. The molecule has 0 saturated heterocycles. The topological polar surface area (TPSA) is 67.4 Å². The van der Waals surface area contributed by atoms with Crippen LogP contribution >= 0.6 is 11.6 Å². The van der Waals surface area contributed by atoms with Gasteiger partial charge < -0.3 is 15.4 Å². The van der Waals surface area contributed by atoms with Gasteiger partial charge in [0.15, 0.2) is 0 Å². The Morgan fingerprint density at radius 2 is 1.83 bits per heavy atom. The first-order valence-electron chi connectivity index (χ1n) is 7.06. The standard InChI is InChI=1S/C17H17ClN2O3/c1-23-17(22)12-3-2-4-15(11-12)19-10-9-16(21)20-14-7-5-13(18)6-8-14/h2-8,11,19H,9-10H2,1H3,(H,20,21). The summed E-state index contributed by atoms with van der Waals surface area (Å²) in [5, 5.41) is 6.50. The van der Waals surface area contributed by atoms with Crippen molar-refractivity contribution in [1.82, 2.24) is 0 Å². The molecule has 0 aromatic heterocycles. The molecule has 0 heterocycles. The number of hydrogen-bond acceptors (Lipinski definition) is 4. The Morgan fingerprint density at radius 3 is 2.52 bits per heavy atom. The zero-order chi connectivity index (χ0) is 16.7. The molecule has 6 heteroatoms. The maximum Gasteiger partial charge on any atom is 0.337 e. The first kappa shape index (κ1) is 16.8. The summed E-state index contributed by atoms with van der Waals surface area (Å²) in [6, 6.07) is 13.8. The molecule has 0 saturated carbocycles. The van der Waals surface area contributed by atoms with Gasteiger partial charge >= 0.3 is 5.97 Å². The lowest BCUT2D eigenvalue weighted by atomic mass is 10.2. The van der Waals surface area contributed by atoms with Gasteiger partial charge in [-0.05, 0) is 42.5 Å². The molecule has 23 heavy (non-hydrogen) atoms. The summed E-state index contributed by atoms with van der Waals surface area (Å²) in [5.41, 5.74) is 1.92. The summed E-state index contributed by atoms with van der Waals surface area (Å²) in [6.07, 6.45) is 0.297. The number of anilines is 2. The Labute approximate surface area is 139 Å². The Balaban J connectivity index is 1.81. The summed E-state index contributed by atoms with van der Waals surface area (Å²) < 4.78 is 4.67. The van der Waals surface area contributed by atoms with Crippen molar-refractivity contribution in [3.63, 3.8) is 0 Å². The van der Waals surface area contributed by atoms with E-state index in [1.54, 1.807) is 42.5 Å². The van der Waals surface area contributed by atoms with E-state index in [1.807, 2.05) is 6.07 Å². The van der Waals surface area contributed by atoms with Crippen molar-refractivity contribution in [2.45, 2.75) is 6.42 Å². The number of halogens is 1. The van der Waals surface area contributed by atoms with Crippen molar-refractivity contribution in [1.29, 1.82) is 0 Å². The lowest BCUT2D eigenvalue weighted by molar-refractivity contribution is -0.115. The molecule has 120 valence electrons. The molecule has 0 fully saturated rings. The lowest BCUT2D eigenvalue weighted by Crippen LogP contribution is -2.16. The number of esters is 1. The highest BCUT2D eigenvalue weighted by Gasteiger charge is 2.06. The van der Waals surface area contributed by atoms with Crippen LogP contribution in [0.4, 0.5) is 11.4 Å². The van der Waals surface area contributed by atoms with Gasteiger partial charge in [0.1, 0.15) is 0 Å². The first-order chi connectivity index (χ1) is 11.1. The molecule has 0 unspecified atom stereocenters. The van der Waals surface area contributed by atoms with Gasteiger partial charge in [0.2, 0.25) is 5.91 Å². The van der Waals surface area contributed by atoms with Crippen LogP contribution in [0, 0.1) is 0 Å². The maximum absolute atomic E-state index is 11.9. The average molecular weight is 333 g/mol. The minimum atomic E-state index is -0.394. The van der Waals surface area contributed by atoms with Gasteiger partial charge in [-0.2, -0.15) is 0 Å². The Morgan fingerprint density at radius 1 is 1.09 bits per heavy atom. The monoisotopic (exact) mass is 332 g/mol. The zero-order valence-electron chi connectivity index (χ0n) is 12.6. The first-order valence-corrected chi connectivity index (χ1v) is 7.44. The highest BCUT2D eigenvalue weighted by molar-refractivity contribution is 6.30. The number of ether oxygens (including phenoxy) is 1. The third kappa shape index (κ3) is 5.30. The normalized spacial score (nSPS) is 10.0. The molecule has 0 radical (unpaired) electrons. The van der Waals surface area contributed by atoms with Crippen molar-refractivity contribution in [2.75, 3.05) is 24.3 Å². The van der Waals surface area contributed by atoms with E-state index in [2.05, 4.69) is 15.4 Å². The molecule has 0 aliphatic rings. The van der Waals surface area contributed by atoms with Gasteiger partial charge in [-0.15, -0.1) is 0 Å². The van der Waals surface area contributed by atoms with Crippen molar-refractivity contribution >= 4 is 34.9 Å². The number of nitrogens with one attached hydrogen (secondary N) is 2. The van der Waals surface area contributed by atoms with Crippen LogP contribution in [0.5, 0.6) is 0 Å². The molecular weight excluding hydrogens is 316 g/mol. The van der Waals surface area contributed by atoms with Crippen molar-refractivity contribution in [3.8, 4) is 0 Å². The number of carbonyl (C=O) groups excluding carboxylic acids is 2. The van der Waals surface area contributed by atoms with E-state index < -0.39 is 5.97 Å². The third-order valence-electron chi connectivity index (χ3n) is 3.09.